The maximum Gasteiger partial charge on any atom is 0.283 e. The number of aromatic nitrogens is 1. The lowest BCUT2D eigenvalue weighted by atomic mass is 10.3. The van der Waals surface area contributed by atoms with Crippen LogP contribution in [0, 0.1) is 13.8 Å². The van der Waals surface area contributed by atoms with Gasteiger partial charge in [0.05, 0.1) is 32.2 Å². The standard InChI is InChI=1S/C21H15Cl3N4O5S/c1-10-11(2)26-33-19(10)27-34(31,32)14-6-3-12(4-7-14)25-18-17(24)20(29)28(21(18)30)13-5-8-15(22)16(23)9-13/h3-9H,1-2H3,(H2,25,26,27,29)/p-1. The number of carbonyl (C=O) groups excluding carboxylic acids is 2. The van der Waals surface area contributed by atoms with E-state index in [4.69, 9.17) is 39.3 Å². The molecule has 0 unspecified atom stereocenters. The summed E-state index contributed by atoms with van der Waals surface area (Å²) in [7, 11) is -4.08. The first-order chi connectivity index (χ1) is 16.0. The highest BCUT2D eigenvalue weighted by atomic mass is 35.5. The van der Waals surface area contributed by atoms with E-state index in [1.807, 2.05) is 0 Å². The van der Waals surface area contributed by atoms with Gasteiger partial charge in [0.1, 0.15) is 20.8 Å². The molecule has 3 aromatic rings. The number of benzene rings is 2. The Morgan fingerprint density at radius 1 is 0.971 bits per heavy atom. The van der Waals surface area contributed by atoms with E-state index >= 15 is 0 Å². The summed E-state index contributed by atoms with van der Waals surface area (Å²) in [4.78, 5) is 26.2. The highest BCUT2D eigenvalue weighted by molar-refractivity contribution is 7.94. The Kier molecular flexibility index (Phi) is 6.34. The minimum atomic E-state index is -4.08. The number of carbonyl (C=O) groups is 2. The minimum absolute atomic E-state index is 0.103. The number of nitrogens with zero attached hydrogens (tertiary/aromatic N) is 3. The Labute approximate surface area is 209 Å². The van der Waals surface area contributed by atoms with E-state index in [9.17, 15) is 18.0 Å². The van der Waals surface area contributed by atoms with Gasteiger partial charge in [0.15, 0.2) is 0 Å². The summed E-state index contributed by atoms with van der Waals surface area (Å²) in [6, 6.07) is 9.64. The Morgan fingerprint density at radius 2 is 1.65 bits per heavy atom. The fourth-order valence-corrected chi connectivity index (χ4v) is 4.45. The molecule has 0 spiro atoms. The molecule has 2 amide bonds. The van der Waals surface area contributed by atoms with Crippen molar-refractivity contribution in [1.29, 1.82) is 0 Å². The second-order valence-corrected chi connectivity index (χ2v) is 9.94. The minimum Gasteiger partial charge on any atom is -0.539 e. The predicted molar refractivity (Wildman–Crippen MR) is 128 cm³/mol. The van der Waals surface area contributed by atoms with Crippen LogP contribution in [0.1, 0.15) is 11.3 Å². The number of nitrogens with one attached hydrogen (secondary N) is 1. The molecule has 2 heterocycles. The molecule has 0 bridgehead atoms. The first-order valence-corrected chi connectivity index (χ1v) is 12.1. The second kappa shape index (κ2) is 8.95. The molecular formula is C21H14Cl3N4O5S-. The van der Waals surface area contributed by atoms with Crippen molar-refractivity contribution in [2.75, 3.05) is 10.2 Å². The lowest BCUT2D eigenvalue weighted by Gasteiger charge is -2.19. The highest BCUT2D eigenvalue weighted by Gasteiger charge is 2.39. The van der Waals surface area contributed by atoms with E-state index in [0.29, 0.717) is 16.9 Å². The first kappa shape index (κ1) is 24.1. The van der Waals surface area contributed by atoms with Crippen molar-refractivity contribution in [3.63, 3.8) is 0 Å². The molecule has 1 aliphatic rings. The van der Waals surface area contributed by atoms with Crippen LogP contribution in [0.3, 0.4) is 0 Å². The Bertz CT molecular complexity index is 1470. The normalized spacial score (nSPS) is 14.2. The summed E-state index contributed by atoms with van der Waals surface area (Å²) < 4.78 is 33.8. The van der Waals surface area contributed by atoms with Crippen LogP contribution in [-0.4, -0.2) is 25.4 Å². The van der Waals surface area contributed by atoms with E-state index in [2.05, 4.69) is 15.2 Å². The predicted octanol–water partition coefficient (Wildman–Crippen LogP) is 5.43. The number of imide groups is 1. The maximum atomic E-state index is 12.9. The SMILES string of the molecule is Cc1noc([N-]S(=O)(=O)c2ccc(NC3=C(Cl)C(=O)N(c4ccc(Cl)c(Cl)c4)C3=O)cc2)c1C. The number of sulfonamides is 1. The molecule has 13 heteroatoms. The van der Waals surface area contributed by atoms with Gasteiger partial charge in [-0.1, -0.05) is 40.0 Å². The molecule has 0 atom stereocenters. The lowest BCUT2D eigenvalue weighted by Crippen LogP contribution is -2.32. The Morgan fingerprint density at radius 3 is 2.24 bits per heavy atom. The van der Waals surface area contributed by atoms with Crippen LogP contribution >= 0.6 is 34.8 Å². The number of anilines is 2. The molecule has 0 aliphatic carbocycles. The van der Waals surface area contributed by atoms with E-state index < -0.39 is 21.8 Å². The molecule has 176 valence electrons. The van der Waals surface area contributed by atoms with Crippen LogP contribution < -0.4 is 10.2 Å². The Hall–Kier alpha value is -3.05. The summed E-state index contributed by atoms with van der Waals surface area (Å²) in [6.07, 6.45) is 0. The number of rotatable bonds is 6. The molecule has 0 saturated carbocycles. The molecule has 1 aromatic heterocycles. The fourth-order valence-electron chi connectivity index (χ4n) is 2.97. The van der Waals surface area contributed by atoms with Gasteiger partial charge in [-0.3, -0.25) is 9.59 Å². The molecule has 0 saturated heterocycles. The Balaban J connectivity index is 1.54. The number of hydrogen-bond donors (Lipinski definition) is 1. The van der Waals surface area contributed by atoms with Crippen LogP contribution in [0.25, 0.3) is 4.72 Å². The quantitative estimate of drug-likeness (QED) is 0.414. The van der Waals surface area contributed by atoms with Gasteiger partial charge < -0.3 is 14.6 Å². The fraction of sp³-hybridized carbons (Fsp3) is 0.0952. The zero-order valence-corrected chi connectivity index (χ0v) is 20.6. The maximum absolute atomic E-state index is 12.9. The third-order valence-corrected chi connectivity index (χ3v) is 7.31. The zero-order valence-electron chi connectivity index (χ0n) is 17.5. The topological polar surface area (TPSA) is 124 Å². The summed E-state index contributed by atoms with van der Waals surface area (Å²) >= 11 is 18.0. The van der Waals surface area contributed by atoms with Crippen molar-refractivity contribution in [1.82, 2.24) is 5.16 Å². The van der Waals surface area contributed by atoms with Gasteiger partial charge in [0.2, 0.25) is 0 Å². The van der Waals surface area contributed by atoms with Crippen LogP contribution in [-0.2, 0) is 19.6 Å². The van der Waals surface area contributed by atoms with Gasteiger partial charge >= 0.3 is 0 Å². The van der Waals surface area contributed by atoms with Crippen molar-refractivity contribution >= 4 is 73.9 Å². The van der Waals surface area contributed by atoms with Crippen molar-refractivity contribution in [2.45, 2.75) is 18.7 Å². The molecule has 0 fully saturated rings. The van der Waals surface area contributed by atoms with Crippen LogP contribution in [0.4, 0.5) is 17.3 Å². The monoisotopic (exact) mass is 539 g/mol. The van der Waals surface area contributed by atoms with Crippen molar-refractivity contribution in [3.8, 4) is 0 Å². The number of hydrogen-bond acceptors (Lipinski definition) is 7. The first-order valence-electron chi connectivity index (χ1n) is 9.51. The van der Waals surface area contributed by atoms with E-state index in [1.165, 1.54) is 42.5 Å². The van der Waals surface area contributed by atoms with Gasteiger partial charge in [0.25, 0.3) is 11.8 Å². The summed E-state index contributed by atoms with van der Waals surface area (Å²) in [5, 5.41) is 6.53. The van der Waals surface area contributed by atoms with Crippen LogP contribution in [0.15, 0.2) is 62.6 Å². The number of aryl methyl sites for hydroxylation is 1. The molecule has 0 radical (unpaired) electrons. The lowest BCUT2D eigenvalue weighted by molar-refractivity contribution is -0.120. The largest absolute Gasteiger partial charge is 0.539 e. The molecule has 4 rings (SSSR count). The van der Waals surface area contributed by atoms with E-state index in [-0.39, 0.29) is 37.2 Å². The molecule has 9 nitrogen and oxygen atoms in total. The third kappa shape index (κ3) is 4.37. The molecule has 1 aliphatic heterocycles. The van der Waals surface area contributed by atoms with Gasteiger partial charge in [-0.05, 0) is 61.9 Å². The summed E-state index contributed by atoms with van der Waals surface area (Å²) in [5.41, 5.74) is 1.38. The van der Waals surface area contributed by atoms with Crippen molar-refractivity contribution in [2.24, 2.45) is 0 Å². The average molecular weight is 541 g/mol. The highest BCUT2D eigenvalue weighted by Crippen LogP contribution is 2.35. The second-order valence-electron chi connectivity index (χ2n) is 7.15. The molecule has 34 heavy (non-hydrogen) atoms. The summed E-state index contributed by atoms with van der Waals surface area (Å²) in [6.45, 7) is 3.31. The number of halogens is 3. The van der Waals surface area contributed by atoms with Gasteiger partial charge in [-0.2, -0.15) is 0 Å². The van der Waals surface area contributed by atoms with E-state index in [0.717, 1.165) is 4.90 Å². The molecule has 2 aromatic carbocycles. The molecular weight excluding hydrogens is 527 g/mol. The number of amides is 2. The van der Waals surface area contributed by atoms with Crippen molar-refractivity contribution < 1.29 is 22.5 Å². The van der Waals surface area contributed by atoms with Crippen LogP contribution in [0.5, 0.6) is 0 Å². The third-order valence-electron chi connectivity index (χ3n) is 4.95. The average Bonchev–Trinajstić information content (AvgIpc) is 3.21. The van der Waals surface area contributed by atoms with E-state index in [1.54, 1.807) is 13.8 Å². The van der Waals surface area contributed by atoms with Crippen molar-refractivity contribution in [3.05, 3.63) is 79.2 Å². The molecule has 1 N–H and O–H groups in total. The summed E-state index contributed by atoms with van der Waals surface area (Å²) in [5.74, 6) is -1.56. The zero-order chi connectivity index (χ0) is 24.8. The van der Waals surface area contributed by atoms with Gasteiger partial charge in [-0.25, -0.2) is 13.3 Å². The van der Waals surface area contributed by atoms with Crippen LogP contribution in [0.2, 0.25) is 10.0 Å². The van der Waals surface area contributed by atoms with Gasteiger partial charge in [-0.15, -0.1) is 0 Å². The van der Waals surface area contributed by atoms with Gasteiger partial charge in [0, 0.05) is 5.69 Å². The smallest absolute Gasteiger partial charge is 0.283 e.